The summed E-state index contributed by atoms with van der Waals surface area (Å²) < 4.78 is 59.2. The van der Waals surface area contributed by atoms with Gasteiger partial charge < -0.3 is 25.3 Å². The lowest BCUT2D eigenvalue weighted by Gasteiger charge is -2.20. The number of anilines is 3. The second-order valence-electron chi connectivity index (χ2n) is 7.57. The molecule has 2 amide bonds. The second kappa shape index (κ2) is 8.62. The fourth-order valence-electron chi connectivity index (χ4n) is 3.93. The average Bonchev–Trinajstić information content (AvgIpc) is 3.46. The van der Waals surface area contributed by atoms with Gasteiger partial charge in [0, 0.05) is 59.5 Å². The molecule has 3 heterocycles. The Bertz CT molecular complexity index is 1440. The molecule has 0 atom stereocenters. The zero-order valence-electron chi connectivity index (χ0n) is 19.6. The number of carbonyl (C=O) groups is 1. The predicted molar refractivity (Wildman–Crippen MR) is 123 cm³/mol. The number of fused-ring (bicyclic) bond motifs is 2. The Morgan fingerprint density at radius 2 is 2.03 bits per heavy atom. The van der Waals surface area contributed by atoms with Crippen molar-refractivity contribution in [2.24, 2.45) is 0 Å². The van der Waals surface area contributed by atoms with E-state index in [1.54, 1.807) is 47.6 Å². The smallest absolute Gasteiger partial charge is 0.406 e. The normalized spacial score (nSPS) is 14.4. The number of amides is 2. The highest BCUT2D eigenvalue weighted by Crippen LogP contribution is 2.35. The molecule has 0 unspecified atom stereocenters. The molecule has 0 fully saturated rings. The maximum Gasteiger partial charge on any atom is 0.573 e. The Balaban J connectivity index is 1.36. The zero-order chi connectivity index (χ0) is 25.5. The fourth-order valence-corrected chi connectivity index (χ4v) is 3.93. The summed E-state index contributed by atoms with van der Waals surface area (Å²) in [5.41, 5.74) is 3.05. The number of rotatable bonds is 5. The molecule has 174 valence electrons. The predicted octanol–water partition coefficient (Wildman–Crippen LogP) is 5.67. The number of aromatic nitrogens is 2. The van der Waals surface area contributed by atoms with Crippen LogP contribution in [0.1, 0.15) is 13.9 Å². The third-order valence-corrected chi connectivity index (χ3v) is 5.32. The molecular weight excluding hydrogens is 447 g/mol. The number of H-pyrrole nitrogens is 1. The number of alkyl halides is 3. The summed E-state index contributed by atoms with van der Waals surface area (Å²) in [6.07, 6.45) is -1.09. The van der Waals surface area contributed by atoms with E-state index in [2.05, 4.69) is 25.3 Å². The number of nitrogens with zero attached hydrogens (tertiary/aromatic N) is 2. The molecule has 0 aliphatic carbocycles. The summed E-state index contributed by atoms with van der Waals surface area (Å²) in [4.78, 5) is 21.5. The first kappa shape index (κ1) is 19.3. The van der Waals surface area contributed by atoms with Crippen molar-refractivity contribution in [1.29, 1.82) is 0 Å². The highest BCUT2D eigenvalue weighted by molar-refractivity contribution is 6.01. The van der Waals surface area contributed by atoms with Gasteiger partial charge in [0.25, 0.3) is 0 Å². The van der Waals surface area contributed by atoms with Crippen LogP contribution >= 0.6 is 0 Å². The molecule has 0 saturated carbocycles. The zero-order valence-corrected chi connectivity index (χ0v) is 17.6. The minimum Gasteiger partial charge on any atom is -0.406 e. The molecule has 7 nitrogen and oxygen atoms in total. The van der Waals surface area contributed by atoms with Crippen LogP contribution < -0.4 is 20.3 Å². The van der Waals surface area contributed by atoms with Gasteiger partial charge in [-0.1, -0.05) is 12.1 Å². The first-order valence-electron chi connectivity index (χ1n) is 11.4. The summed E-state index contributed by atoms with van der Waals surface area (Å²) >= 11 is 0. The number of carbonyl (C=O) groups excluding carboxylic acids is 1. The van der Waals surface area contributed by atoms with Gasteiger partial charge in [0.2, 0.25) is 0 Å². The van der Waals surface area contributed by atoms with E-state index in [4.69, 9.17) is 2.74 Å². The van der Waals surface area contributed by atoms with Gasteiger partial charge in [-0.15, -0.1) is 13.2 Å². The number of benzene rings is 2. The Hall–Kier alpha value is -4.21. The van der Waals surface area contributed by atoms with E-state index in [1.165, 1.54) is 12.1 Å². The molecule has 0 spiro atoms. The van der Waals surface area contributed by atoms with Gasteiger partial charge in [0.1, 0.15) is 11.4 Å². The number of hydrogen-bond donors (Lipinski definition) is 3. The number of hydrogen-bond acceptors (Lipinski definition) is 4. The van der Waals surface area contributed by atoms with E-state index in [9.17, 15) is 18.0 Å². The molecule has 4 aromatic rings. The molecule has 0 saturated heterocycles. The lowest BCUT2D eigenvalue weighted by molar-refractivity contribution is -0.274. The standard InChI is InChI=1S/C24H20F3N5O2/c25-24(26,27)34-17-4-1-3-16(13-17)30-23(33)31-20-5-2-6-21-19(20)9-12-32(21)14-15-7-10-28-22-18(15)8-11-29-22/h1-8,10-11,13H,9,12,14H2,(H,28,29)(H2,30,31,33)/i14D2. The van der Waals surface area contributed by atoms with Crippen molar-refractivity contribution in [3.05, 3.63) is 78.1 Å². The van der Waals surface area contributed by atoms with Crippen LogP contribution in [0.2, 0.25) is 0 Å². The molecule has 1 aliphatic heterocycles. The second-order valence-corrected chi connectivity index (χ2v) is 7.57. The van der Waals surface area contributed by atoms with Crippen LogP contribution in [-0.4, -0.2) is 28.9 Å². The van der Waals surface area contributed by atoms with Crippen LogP contribution in [0.25, 0.3) is 11.0 Å². The Morgan fingerprint density at radius 3 is 2.88 bits per heavy atom. The van der Waals surface area contributed by atoms with Crippen molar-refractivity contribution in [2.75, 3.05) is 22.1 Å². The van der Waals surface area contributed by atoms with E-state index < -0.39 is 24.6 Å². The van der Waals surface area contributed by atoms with Crippen LogP contribution in [0.15, 0.2) is 67.0 Å². The maximum absolute atomic E-state index is 12.6. The molecule has 5 rings (SSSR count). The molecular formula is C24H20F3N5O2. The molecule has 0 bridgehead atoms. The summed E-state index contributed by atoms with van der Waals surface area (Å²) in [5.74, 6) is -0.452. The van der Waals surface area contributed by atoms with Gasteiger partial charge in [-0.25, -0.2) is 9.78 Å². The van der Waals surface area contributed by atoms with Crippen LogP contribution in [-0.2, 0) is 12.9 Å². The number of ether oxygens (including phenoxy) is 1. The summed E-state index contributed by atoms with van der Waals surface area (Å²) in [7, 11) is 0. The van der Waals surface area contributed by atoms with Crippen molar-refractivity contribution in [3.63, 3.8) is 0 Å². The SMILES string of the molecule is [2H]C([2H])(c1ccnc2[nH]ccc12)N1CCc2c(NC(=O)Nc3cccc(OC(F)(F)F)c3)cccc21. The van der Waals surface area contributed by atoms with Crippen molar-refractivity contribution in [3.8, 4) is 5.75 Å². The van der Waals surface area contributed by atoms with E-state index in [-0.39, 0.29) is 5.69 Å². The third kappa shape index (κ3) is 4.61. The Labute approximate surface area is 195 Å². The first-order valence-corrected chi connectivity index (χ1v) is 10.4. The minimum absolute atomic E-state index is 0.119. The van der Waals surface area contributed by atoms with Crippen LogP contribution in [0, 0.1) is 0 Å². The number of halogens is 3. The topological polar surface area (TPSA) is 82.3 Å². The summed E-state index contributed by atoms with van der Waals surface area (Å²) in [6, 6.07) is 12.9. The third-order valence-electron chi connectivity index (χ3n) is 5.32. The first-order chi connectivity index (χ1) is 17.1. The average molecular weight is 469 g/mol. The quantitative estimate of drug-likeness (QED) is 0.352. The molecule has 2 aromatic heterocycles. The highest BCUT2D eigenvalue weighted by atomic mass is 19.4. The largest absolute Gasteiger partial charge is 0.573 e. The Morgan fingerprint density at radius 1 is 1.18 bits per heavy atom. The molecule has 34 heavy (non-hydrogen) atoms. The van der Waals surface area contributed by atoms with Crippen molar-refractivity contribution < 1.29 is 25.4 Å². The van der Waals surface area contributed by atoms with Crippen molar-refractivity contribution in [1.82, 2.24) is 9.97 Å². The summed E-state index contributed by atoms with van der Waals surface area (Å²) in [5, 5.41) is 5.90. The molecule has 10 heteroatoms. The molecule has 1 aliphatic rings. The monoisotopic (exact) mass is 469 g/mol. The van der Waals surface area contributed by atoms with Gasteiger partial charge in [0.05, 0.1) is 2.74 Å². The van der Waals surface area contributed by atoms with Gasteiger partial charge in [-0.3, -0.25) is 0 Å². The number of urea groups is 1. The van der Waals surface area contributed by atoms with Crippen LogP contribution in [0.4, 0.5) is 35.0 Å². The Kier molecular flexibility index (Phi) is 4.89. The molecule has 3 N–H and O–H groups in total. The van der Waals surface area contributed by atoms with E-state index in [0.29, 0.717) is 40.9 Å². The van der Waals surface area contributed by atoms with E-state index in [1.807, 2.05) is 0 Å². The van der Waals surface area contributed by atoms with Crippen LogP contribution in [0.5, 0.6) is 5.75 Å². The van der Waals surface area contributed by atoms with Crippen molar-refractivity contribution in [2.45, 2.75) is 19.3 Å². The lowest BCUT2D eigenvalue weighted by atomic mass is 10.1. The highest BCUT2D eigenvalue weighted by Gasteiger charge is 2.31. The molecule has 2 aromatic carbocycles. The number of pyridine rings is 1. The molecule has 0 radical (unpaired) electrons. The lowest BCUT2D eigenvalue weighted by Crippen LogP contribution is -2.21. The van der Waals surface area contributed by atoms with Gasteiger partial charge in [0.15, 0.2) is 0 Å². The number of aromatic amines is 1. The van der Waals surface area contributed by atoms with Gasteiger partial charge >= 0.3 is 12.4 Å². The van der Waals surface area contributed by atoms with Gasteiger partial charge in [-0.2, -0.15) is 0 Å². The fraction of sp³-hybridized carbons (Fsp3) is 0.167. The van der Waals surface area contributed by atoms with Crippen LogP contribution in [0.3, 0.4) is 0 Å². The van der Waals surface area contributed by atoms with E-state index >= 15 is 0 Å². The van der Waals surface area contributed by atoms with Gasteiger partial charge in [-0.05, 0) is 48.4 Å². The maximum atomic E-state index is 12.6. The minimum atomic E-state index is -4.84. The number of nitrogens with one attached hydrogen (secondary N) is 3. The summed E-state index contributed by atoms with van der Waals surface area (Å²) in [6.45, 7) is -1.47. The van der Waals surface area contributed by atoms with E-state index in [0.717, 1.165) is 17.7 Å². The van der Waals surface area contributed by atoms with Crippen molar-refractivity contribution >= 4 is 34.1 Å².